The molecule has 0 spiro atoms. The fourth-order valence-electron chi connectivity index (χ4n) is 2.80. The van der Waals surface area contributed by atoms with Gasteiger partial charge in [0.1, 0.15) is 0 Å². The molecule has 2 aromatic rings. The molecule has 1 aliphatic rings. The largest absolute Gasteiger partial charge is 0.396 e. The van der Waals surface area contributed by atoms with Crippen LogP contribution in [-0.4, -0.2) is 29.8 Å². The van der Waals surface area contributed by atoms with Gasteiger partial charge >= 0.3 is 0 Å². The van der Waals surface area contributed by atoms with Crippen LogP contribution in [0.4, 0.5) is 11.4 Å². The second kappa shape index (κ2) is 7.64. The van der Waals surface area contributed by atoms with E-state index in [0.29, 0.717) is 47.4 Å². The molecular formula is C17H17Cl2N3O2S. The molecule has 5 nitrogen and oxygen atoms in total. The molecule has 0 aliphatic carbocycles. The zero-order valence-electron chi connectivity index (χ0n) is 13.3. The number of anilines is 2. The third kappa shape index (κ3) is 4.08. The van der Waals surface area contributed by atoms with Gasteiger partial charge in [-0.2, -0.15) is 0 Å². The Balaban J connectivity index is 1.58. The van der Waals surface area contributed by atoms with Gasteiger partial charge in [-0.3, -0.25) is 9.59 Å². The summed E-state index contributed by atoms with van der Waals surface area (Å²) in [5.41, 5.74) is 6.51. The van der Waals surface area contributed by atoms with E-state index in [2.05, 4.69) is 5.32 Å². The molecule has 3 N–H and O–H groups in total. The summed E-state index contributed by atoms with van der Waals surface area (Å²) in [6, 6.07) is 6.84. The first-order valence-corrected chi connectivity index (χ1v) is 9.47. The highest BCUT2D eigenvalue weighted by molar-refractivity contribution is 7.12. The van der Waals surface area contributed by atoms with Gasteiger partial charge in [0, 0.05) is 24.7 Å². The summed E-state index contributed by atoms with van der Waals surface area (Å²) >= 11 is 13.4. The zero-order valence-corrected chi connectivity index (χ0v) is 15.6. The van der Waals surface area contributed by atoms with E-state index < -0.39 is 0 Å². The monoisotopic (exact) mass is 397 g/mol. The molecule has 1 saturated heterocycles. The van der Waals surface area contributed by atoms with Crippen molar-refractivity contribution in [2.24, 2.45) is 5.92 Å². The second-order valence-corrected chi connectivity index (χ2v) is 7.65. The van der Waals surface area contributed by atoms with Gasteiger partial charge < -0.3 is 16.0 Å². The van der Waals surface area contributed by atoms with Gasteiger partial charge in [-0.1, -0.05) is 29.3 Å². The normalized spacial score (nSPS) is 15.2. The maximum atomic E-state index is 12.5. The van der Waals surface area contributed by atoms with Crippen molar-refractivity contribution < 1.29 is 9.59 Å². The molecule has 2 amide bonds. The quantitative estimate of drug-likeness (QED) is 0.764. The molecule has 1 aliphatic heterocycles. The van der Waals surface area contributed by atoms with Crippen LogP contribution in [0.1, 0.15) is 22.5 Å². The summed E-state index contributed by atoms with van der Waals surface area (Å²) < 4.78 is 0. The smallest absolute Gasteiger partial charge is 0.263 e. The van der Waals surface area contributed by atoms with E-state index in [1.165, 1.54) is 11.3 Å². The van der Waals surface area contributed by atoms with Crippen LogP contribution in [0.2, 0.25) is 10.0 Å². The molecule has 2 heterocycles. The van der Waals surface area contributed by atoms with Crippen LogP contribution >= 0.6 is 34.5 Å². The number of benzene rings is 1. The minimum atomic E-state index is -0.150. The Hall–Kier alpha value is -1.76. The van der Waals surface area contributed by atoms with E-state index in [4.69, 9.17) is 28.9 Å². The lowest BCUT2D eigenvalue weighted by Gasteiger charge is -2.31. The van der Waals surface area contributed by atoms with E-state index in [9.17, 15) is 9.59 Å². The number of nitrogens with two attached hydrogens (primary N) is 1. The second-order valence-electron chi connectivity index (χ2n) is 5.89. The lowest BCUT2D eigenvalue weighted by atomic mass is 9.95. The summed E-state index contributed by atoms with van der Waals surface area (Å²) in [4.78, 5) is 27.3. The first-order chi connectivity index (χ1) is 12.0. The summed E-state index contributed by atoms with van der Waals surface area (Å²) in [7, 11) is 0. The number of hydrogen-bond acceptors (Lipinski definition) is 4. The third-order valence-electron chi connectivity index (χ3n) is 4.23. The van der Waals surface area contributed by atoms with Gasteiger partial charge in [-0.25, -0.2) is 0 Å². The number of hydrogen-bond donors (Lipinski definition) is 2. The minimum absolute atomic E-state index is 0.0333. The van der Waals surface area contributed by atoms with Crippen molar-refractivity contribution in [1.82, 2.24) is 4.90 Å². The van der Waals surface area contributed by atoms with Gasteiger partial charge in [-0.05, 0) is 36.4 Å². The highest BCUT2D eigenvalue weighted by Gasteiger charge is 2.28. The van der Waals surface area contributed by atoms with Crippen LogP contribution in [0.15, 0.2) is 29.6 Å². The maximum Gasteiger partial charge on any atom is 0.263 e. The molecule has 0 unspecified atom stereocenters. The van der Waals surface area contributed by atoms with Crippen molar-refractivity contribution >= 4 is 57.7 Å². The van der Waals surface area contributed by atoms with Crippen LogP contribution in [0.3, 0.4) is 0 Å². The molecule has 1 aromatic carbocycles. The van der Waals surface area contributed by atoms with Crippen molar-refractivity contribution in [3.63, 3.8) is 0 Å². The highest BCUT2D eigenvalue weighted by atomic mass is 35.5. The number of halogens is 2. The SMILES string of the molecule is Nc1c(Cl)cc(NC(=O)C2CCN(C(=O)c3cccs3)CC2)cc1Cl. The fraction of sp³-hybridized carbons (Fsp3) is 0.294. The summed E-state index contributed by atoms with van der Waals surface area (Å²) in [5.74, 6) is -0.214. The topological polar surface area (TPSA) is 75.4 Å². The molecule has 1 fully saturated rings. The number of piperidine rings is 1. The van der Waals surface area contributed by atoms with E-state index in [1.807, 2.05) is 17.5 Å². The van der Waals surface area contributed by atoms with Crippen molar-refractivity contribution in [1.29, 1.82) is 0 Å². The lowest BCUT2D eigenvalue weighted by molar-refractivity contribution is -0.121. The Labute approximate surface area is 159 Å². The van der Waals surface area contributed by atoms with E-state index in [1.54, 1.807) is 17.0 Å². The number of nitrogens with one attached hydrogen (secondary N) is 1. The fourth-order valence-corrected chi connectivity index (χ4v) is 3.98. The maximum absolute atomic E-state index is 12.5. The predicted octanol–water partition coefficient (Wildman–Crippen LogP) is 4.13. The Morgan fingerprint density at radius 1 is 1.20 bits per heavy atom. The summed E-state index contributed by atoms with van der Waals surface area (Å²) in [6.45, 7) is 1.14. The van der Waals surface area contributed by atoms with E-state index in [-0.39, 0.29) is 17.7 Å². The number of carbonyl (C=O) groups excluding carboxylic acids is 2. The average molecular weight is 398 g/mol. The third-order valence-corrected chi connectivity index (χ3v) is 5.71. The molecule has 0 saturated carbocycles. The lowest BCUT2D eigenvalue weighted by Crippen LogP contribution is -2.41. The van der Waals surface area contributed by atoms with Crippen molar-refractivity contribution in [3.8, 4) is 0 Å². The van der Waals surface area contributed by atoms with Crippen molar-refractivity contribution in [2.75, 3.05) is 24.1 Å². The van der Waals surface area contributed by atoms with E-state index >= 15 is 0 Å². The molecule has 0 bridgehead atoms. The summed E-state index contributed by atoms with van der Waals surface area (Å²) in [5, 5.41) is 5.32. The first-order valence-electron chi connectivity index (χ1n) is 7.84. The Morgan fingerprint density at radius 2 is 1.84 bits per heavy atom. The number of likely N-dealkylation sites (tertiary alicyclic amines) is 1. The molecule has 0 radical (unpaired) electrons. The number of amides is 2. The molecule has 3 rings (SSSR count). The standard InChI is InChI=1S/C17H17Cl2N3O2S/c18-12-8-11(9-13(19)15(12)20)21-16(23)10-3-5-22(6-4-10)17(24)14-2-1-7-25-14/h1-2,7-10H,3-6,20H2,(H,21,23). The Bertz CT molecular complexity index is 764. The van der Waals surface area contributed by atoms with Crippen molar-refractivity contribution in [3.05, 3.63) is 44.6 Å². The molecule has 132 valence electrons. The predicted molar refractivity (Wildman–Crippen MR) is 102 cm³/mol. The number of nitrogens with zero attached hydrogens (tertiary/aromatic N) is 1. The molecule has 0 atom stereocenters. The number of carbonyl (C=O) groups is 2. The van der Waals surface area contributed by atoms with Gasteiger partial charge in [0.05, 0.1) is 20.6 Å². The average Bonchev–Trinajstić information content (AvgIpc) is 3.13. The molecule has 1 aromatic heterocycles. The van der Waals surface area contributed by atoms with Crippen LogP contribution in [0.5, 0.6) is 0 Å². The van der Waals surface area contributed by atoms with Gasteiger partial charge in [0.15, 0.2) is 0 Å². The summed E-state index contributed by atoms with van der Waals surface area (Å²) in [6.07, 6.45) is 1.25. The van der Waals surface area contributed by atoms with Gasteiger partial charge in [-0.15, -0.1) is 11.3 Å². The van der Waals surface area contributed by atoms with Gasteiger partial charge in [0.2, 0.25) is 5.91 Å². The first kappa shape index (κ1) is 18.0. The van der Waals surface area contributed by atoms with Crippen LogP contribution in [0, 0.1) is 5.92 Å². The Morgan fingerprint density at radius 3 is 2.40 bits per heavy atom. The zero-order chi connectivity index (χ0) is 18.0. The van der Waals surface area contributed by atoms with E-state index in [0.717, 1.165) is 4.88 Å². The Kier molecular flexibility index (Phi) is 5.51. The molecule has 25 heavy (non-hydrogen) atoms. The number of thiophene rings is 1. The van der Waals surface area contributed by atoms with Crippen LogP contribution in [-0.2, 0) is 4.79 Å². The van der Waals surface area contributed by atoms with Crippen LogP contribution in [0.25, 0.3) is 0 Å². The molecule has 8 heteroatoms. The van der Waals surface area contributed by atoms with Gasteiger partial charge in [0.25, 0.3) is 5.91 Å². The van der Waals surface area contributed by atoms with Crippen LogP contribution < -0.4 is 11.1 Å². The molecular weight excluding hydrogens is 381 g/mol. The highest BCUT2D eigenvalue weighted by Crippen LogP contribution is 2.31. The van der Waals surface area contributed by atoms with Crippen molar-refractivity contribution in [2.45, 2.75) is 12.8 Å². The number of nitrogen functional groups attached to an aromatic ring is 1. The minimum Gasteiger partial charge on any atom is -0.396 e. The number of rotatable bonds is 3.